The minimum atomic E-state index is -0.582. The molecule has 1 heterocycles. The Morgan fingerprint density at radius 2 is 1.72 bits per heavy atom. The molecular formula is C18H18N2O5. The number of carbonyl (C=O) groups is 4. The maximum Gasteiger partial charge on any atom is 0.339 e. The predicted octanol–water partition coefficient (Wildman–Crippen LogP) is 1.36. The van der Waals surface area contributed by atoms with E-state index in [-0.39, 0.29) is 41.4 Å². The van der Waals surface area contributed by atoms with E-state index in [1.807, 2.05) is 12.2 Å². The van der Waals surface area contributed by atoms with Crippen LogP contribution in [0.1, 0.15) is 23.2 Å². The summed E-state index contributed by atoms with van der Waals surface area (Å²) in [6.07, 6.45) is 4.84. The van der Waals surface area contributed by atoms with Gasteiger partial charge in [-0.1, -0.05) is 24.3 Å². The zero-order valence-electron chi connectivity index (χ0n) is 13.7. The van der Waals surface area contributed by atoms with Crippen LogP contribution in [0.5, 0.6) is 0 Å². The number of carbonyl (C=O) groups excluding carboxylic acids is 4. The quantitative estimate of drug-likeness (QED) is 0.507. The van der Waals surface area contributed by atoms with Gasteiger partial charge in [-0.3, -0.25) is 19.3 Å². The van der Waals surface area contributed by atoms with Gasteiger partial charge in [-0.15, -0.1) is 0 Å². The average Bonchev–Trinajstić information content (AvgIpc) is 2.87. The van der Waals surface area contributed by atoms with Crippen molar-refractivity contribution in [2.24, 2.45) is 11.8 Å². The molecule has 2 aliphatic rings. The molecule has 130 valence electrons. The van der Waals surface area contributed by atoms with Crippen molar-refractivity contribution in [3.8, 4) is 0 Å². The normalized spacial score (nSPS) is 21.9. The number of likely N-dealkylation sites (tertiary alicyclic amines) is 1. The van der Waals surface area contributed by atoms with Crippen molar-refractivity contribution >= 4 is 29.4 Å². The van der Waals surface area contributed by atoms with Gasteiger partial charge in [0.15, 0.2) is 0 Å². The van der Waals surface area contributed by atoms with Crippen molar-refractivity contribution in [3.63, 3.8) is 0 Å². The molecule has 1 N–H and O–H groups in total. The van der Waals surface area contributed by atoms with Crippen LogP contribution in [0.15, 0.2) is 36.4 Å². The van der Waals surface area contributed by atoms with E-state index in [4.69, 9.17) is 0 Å². The summed E-state index contributed by atoms with van der Waals surface area (Å²) in [6, 6.07) is 6.39. The number of nitrogens with one attached hydrogen (secondary N) is 1. The molecule has 3 rings (SSSR count). The SMILES string of the molecule is COC(=O)c1ccccc1NC(=O)CN1C(=O)[C@@H]2CC=CC[C@H]2C1=O. The first-order valence-electron chi connectivity index (χ1n) is 8.00. The molecule has 0 saturated carbocycles. The molecule has 0 unspecified atom stereocenters. The van der Waals surface area contributed by atoms with Gasteiger partial charge >= 0.3 is 5.97 Å². The molecule has 7 nitrogen and oxygen atoms in total. The second-order valence-electron chi connectivity index (χ2n) is 6.00. The van der Waals surface area contributed by atoms with Gasteiger partial charge in [-0.05, 0) is 25.0 Å². The van der Waals surface area contributed by atoms with Crippen molar-refractivity contribution in [1.82, 2.24) is 4.90 Å². The molecule has 25 heavy (non-hydrogen) atoms. The van der Waals surface area contributed by atoms with Crippen LogP contribution in [-0.4, -0.2) is 42.2 Å². The Morgan fingerprint density at radius 3 is 2.32 bits per heavy atom. The third-order valence-electron chi connectivity index (χ3n) is 4.51. The number of allylic oxidation sites excluding steroid dienone is 2. The average molecular weight is 342 g/mol. The number of rotatable bonds is 4. The first-order valence-corrected chi connectivity index (χ1v) is 8.00. The lowest BCUT2D eigenvalue weighted by Gasteiger charge is -2.15. The second-order valence-corrected chi connectivity index (χ2v) is 6.00. The number of para-hydroxylation sites is 1. The zero-order valence-corrected chi connectivity index (χ0v) is 13.7. The van der Waals surface area contributed by atoms with Crippen molar-refractivity contribution in [3.05, 3.63) is 42.0 Å². The minimum Gasteiger partial charge on any atom is -0.465 e. The van der Waals surface area contributed by atoms with Gasteiger partial charge in [0.25, 0.3) is 0 Å². The summed E-state index contributed by atoms with van der Waals surface area (Å²) < 4.78 is 4.67. The summed E-state index contributed by atoms with van der Waals surface area (Å²) in [7, 11) is 1.25. The Bertz CT molecular complexity index is 744. The topological polar surface area (TPSA) is 92.8 Å². The first kappa shape index (κ1) is 16.9. The highest BCUT2D eigenvalue weighted by Gasteiger charge is 2.47. The van der Waals surface area contributed by atoms with Gasteiger partial charge in [0.2, 0.25) is 17.7 Å². The highest BCUT2D eigenvalue weighted by Crippen LogP contribution is 2.34. The molecule has 1 saturated heterocycles. The van der Waals surface area contributed by atoms with E-state index in [1.54, 1.807) is 18.2 Å². The number of methoxy groups -OCH3 is 1. The van der Waals surface area contributed by atoms with Crippen LogP contribution in [0, 0.1) is 11.8 Å². The Kier molecular flexibility index (Phi) is 4.65. The molecule has 7 heteroatoms. The van der Waals surface area contributed by atoms with Crippen molar-refractivity contribution in [2.75, 3.05) is 19.0 Å². The monoisotopic (exact) mass is 342 g/mol. The summed E-state index contributed by atoms with van der Waals surface area (Å²) in [5, 5.41) is 2.57. The zero-order chi connectivity index (χ0) is 18.0. The molecule has 0 aromatic heterocycles. The van der Waals surface area contributed by atoms with Crippen LogP contribution in [0.3, 0.4) is 0 Å². The van der Waals surface area contributed by atoms with E-state index < -0.39 is 11.9 Å². The highest BCUT2D eigenvalue weighted by molar-refractivity contribution is 6.09. The number of ether oxygens (including phenoxy) is 1. The smallest absolute Gasteiger partial charge is 0.339 e. The number of fused-ring (bicyclic) bond motifs is 1. The molecular weight excluding hydrogens is 324 g/mol. The fourth-order valence-electron chi connectivity index (χ4n) is 3.24. The van der Waals surface area contributed by atoms with E-state index in [0.717, 1.165) is 4.90 Å². The van der Waals surface area contributed by atoms with E-state index in [2.05, 4.69) is 10.1 Å². The maximum absolute atomic E-state index is 12.4. The van der Waals surface area contributed by atoms with Crippen LogP contribution in [0.2, 0.25) is 0 Å². The largest absolute Gasteiger partial charge is 0.465 e. The molecule has 1 aliphatic heterocycles. The fourth-order valence-corrected chi connectivity index (χ4v) is 3.24. The lowest BCUT2D eigenvalue weighted by atomic mass is 9.85. The van der Waals surface area contributed by atoms with Gasteiger partial charge in [0, 0.05) is 0 Å². The van der Waals surface area contributed by atoms with Gasteiger partial charge in [0.05, 0.1) is 30.2 Å². The number of hydrogen-bond acceptors (Lipinski definition) is 5. The Hall–Kier alpha value is -2.96. The van der Waals surface area contributed by atoms with Crippen molar-refractivity contribution in [2.45, 2.75) is 12.8 Å². The van der Waals surface area contributed by atoms with Gasteiger partial charge in [0.1, 0.15) is 6.54 Å². The lowest BCUT2D eigenvalue weighted by Crippen LogP contribution is -2.38. The number of anilines is 1. The summed E-state index contributed by atoms with van der Waals surface area (Å²) in [5.41, 5.74) is 0.479. The third kappa shape index (κ3) is 3.17. The molecule has 2 atom stereocenters. The molecule has 0 radical (unpaired) electrons. The number of hydrogen-bond donors (Lipinski definition) is 1. The summed E-state index contributed by atoms with van der Waals surface area (Å²) in [5.74, 6) is -2.47. The van der Waals surface area contributed by atoms with Gasteiger partial charge in [-0.2, -0.15) is 0 Å². The second kappa shape index (κ2) is 6.88. The van der Waals surface area contributed by atoms with Crippen LogP contribution in [0.4, 0.5) is 5.69 Å². The number of imide groups is 1. The van der Waals surface area contributed by atoms with Gasteiger partial charge in [-0.25, -0.2) is 4.79 Å². The Labute approximate surface area is 144 Å². The van der Waals surface area contributed by atoms with Crippen LogP contribution < -0.4 is 5.32 Å². The maximum atomic E-state index is 12.4. The van der Waals surface area contributed by atoms with E-state index in [1.165, 1.54) is 13.2 Å². The van der Waals surface area contributed by atoms with Crippen LogP contribution in [0.25, 0.3) is 0 Å². The first-order chi connectivity index (χ1) is 12.0. The molecule has 3 amide bonds. The Balaban J connectivity index is 1.71. The predicted molar refractivity (Wildman–Crippen MR) is 88.5 cm³/mol. The van der Waals surface area contributed by atoms with Crippen molar-refractivity contribution in [1.29, 1.82) is 0 Å². The number of esters is 1. The lowest BCUT2D eigenvalue weighted by molar-refractivity contribution is -0.142. The molecule has 1 aromatic carbocycles. The van der Waals surface area contributed by atoms with Crippen LogP contribution >= 0.6 is 0 Å². The summed E-state index contributed by atoms with van der Waals surface area (Å²) in [4.78, 5) is 49.8. The van der Waals surface area contributed by atoms with Crippen molar-refractivity contribution < 1.29 is 23.9 Å². The number of benzene rings is 1. The minimum absolute atomic E-state index is 0.204. The van der Waals surface area contributed by atoms with Gasteiger partial charge < -0.3 is 10.1 Å². The van der Waals surface area contributed by atoms with E-state index >= 15 is 0 Å². The molecule has 0 bridgehead atoms. The molecule has 1 aromatic rings. The molecule has 1 fully saturated rings. The molecule has 1 aliphatic carbocycles. The number of nitrogens with zero attached hydrogens (tertiary/aromatic N) is 1. The number of amides is 3. The van der Waals surface area contributed by atoms with E-state index in [0.29, 0.717) is 12.8 Å². The van der Waals surface area contributed by atoms with E-state index in [9.17, 15) is 19.2 Å². The standard InChI is InChI=1S/C18H18N2O5/c1-25-18(24)13-8-4-5-9-14(13)19-15(21)10-20-16(22)11-6-2-3-7-12(11)17(20)23/h2-5,8-9,11-12H,6-7,10H2,1H3,(H,19,21)/t11-,12-/m1/s1. The highest BCUT2D eigenvalue weighted by atomic mass is 16.5. The molecule has 0 spiro atoms. The summed E-state index contributed by atoms with van der Waals surface area (Å²) >= 11 is 0. The summed E-state index contributed by atoms with van der Waals surface area (Å²) in [6.45, 7) is -0.361. The fraction of sp³-hybridized carbons (Fsp3) is 0.333. The van der Waals surface area contributed by atoms with Crippen LogP contribution in [-0.2, 0) is 19.1 Å². The third-order valence-corrected chi connectivity index (χ3v) is 4.51. The Morgan fingerprint density at radius 1 is 1.12 bits per heavy atom.